The second kappa shape index (κ2) is 5.94. The highest BCUT2D eigenvalue weighted by Crippen LogP contribution is 1.94. The van der Waals surface area contributed by atoms with E-state index in [0.717, 1.165) is 11.0 Å². The first kappa shape index (κ1) is 12.4. The van der Waals surface area contributed by atoms with Crippen molar-refractivity contribution in [2.45, 2.75) is 12.8 Å². The molecule has 0 unspecified atom stereocenters. The highest BCUT2D eigenvalue weighted by Gasteiger charge is 2.08. The van der Waals surface area contributed by atoms with E-state index in [0.29, 0.717) is 19.4 Å². The molecule has 0 aliphatic heterocycles. The number of aliphatic hydroxyl groups excluding tert-OH is 1. The standard InChI is InChI=1S/C9H20NO3/c1-10(2,3)6-8-13-9(12)5-4-7-11/h11H,4-8H2,1-3H3/q+1. The number of esters is 1. The van der Waals surface area contributed by atoms with Crippen LogP contribution in [-0.2, 0) is 9.53 Å². The molecule has 0 saturated carbocycles. The van der Waals surface area contributed by atoms with Crippen LogP contribution in [0.15, 0.2) is 0 Å². The fourth-order valence-corrected chi connectivity index (χ4v) is 0.729. The van der Waals surface area contributed by atoms with Crippen molar-refractivity contribution in [2.75, 3.05) is 40.9 Å². The molecule has 0 aromatic heterocycles. The van der Waals surface area contributed by atoms with Crippen LogP contribution < -0.4 is 0 Å². The van der Waals surface area contributed by atoms with Gasteiger partial charge in [0.2, 0.25) is 0 Å². The monoisotopic (exact) mass is 190 g/mol. The number of carbonyl (C=O) groups excluding carboxylic acids is 1. The number of rotatable bonds is 6. The summed E-state index contributed by atoms with van der Waals surface area (Å²) >= 11 is 0. The van der Waals surface area contributed by atoms with Crippen molar-refractivity contribution in [3.05, 3.63) is 0 Å². The van der Waals surface area contributed by atoms with Gasteiger partial charge in [-0.25, -0.2) is 0 Å². The van der Waals surface area contributed by atoms with Crippen LogP contribution in [0, 0.1) is 0 Å². The molecule has 0 amide bonds. The van der Waals surface area contributed by atoms with E-state index in [9.17, 15) is 4.79 Å². The molecule has 0 aliphatic carbocycles. The first-order valence-electron chi connectivity index (χ1n) is 4.52. The first-order valence-corrected chi connectivity index (χ1v) is 4.52. The maximum atomic E-state index is 10.9. The van der Waals surface area contributed by atoms with Crippen LogP contribution in [0.5, 0.6) is 0 Å². The molecule has 0 fully saturated rings. The normalized spacial score (nSPS) is 11.4. The molecule has 0 radical (unpaired) electrons. The summed E-state index contributed by atoms with van der Waals surface area (Å²) in [5.74, 6) is -0.220. The number of carbonyl (C=O) groups is 1. The maximum absolute atomic E-state index is 10.9. The average Bonchev–Trinajstić information content (AvgIpc) is 1.98. The minimum absolute atomic E-state index is 0.0461. The molecule has 0 bridgehead atoms. The van der Waals surface area contributed by atoms with Gasteiger partial charge < -0.3 is 14.3 Å². The third kappa shape index (κ3) is 9.30. The molecule has 0 atom stereocenters. The highest BCUT2D eigenvalue weighted by molar-refractivity contribution is 5.69. The lowest BCUT2D eigenvalue weighted by atomic mass is 10.3. The third-order valence-electron chi connectivity index (χ3n) is 1.56. The van der Waals surface area contributed by atoms with Gasteiger partial charge in [-0.05, 0) is 6.42 Å². The zero-order valence-corrected chi connectivity index (χ0v) is 8.75. The van der Waals surface area contributed by atoms with Gasteiger partial charge in [0.15, 0.2) is 0 Å². The summed E-state index contributed by atoms with van der Waals surface area (Å²) in [6.07, 6.45) is 0.802. The SMILES string of the molecule is C[N+](C)(C)CCOC(=O)CCCO. The second-order valence-electron chi connectivity index (χ2n) is 4.06. The van der Waals surface area contributed by atoms with Crippen LogP contribution in [0.3, 0.4) is 0 Å². The first-order chi connectivity index (χ1) is 5.95. The van der Waals surface area contributed by atoms with Crippen molar-refractivity contribution in [2.24, 2.45) is 0 Å². The fourth-order valence-electron chi connectivity index (χ4n) is 0.729. The predicted octanol–water partition coefficient (Wildman–Crippen LogP) is 0.00830. The van der Waals surface area contributed by atoms with Gasteiger partial charge in [-0.3, -0.25) is 4.79 Å². The van der Waals surface area contributed by atoms with E-state index in [1.54, 1.807) is 0 Å². The Morgan fingerprint density at radius 1 is 1.38 bits per heavy atom. The molecule has 0 saturated heterocycles. The summed E-state index contributed by atoms with van der Waals surface area (Å²) in [6.45, 7) is 1.31. The van der Waals surface area contributed by atoms with Crippen molar-refractivity contribution >= 4 is 5.97 Å². The summed E-state index contributed by atoms with van der Waals surface area (Å²) in [7, 11) is 6.13. The van der Waals surface area contributed by atoms with Gasteiger partial charge in [0, 0.05) is 13.0 Å². The second-order valence-corrected chi connectivity index (χ2v) is 4.06. The lowest BCUT2D eigenvalue weighted by Crippen LogP contribution is -2.38. The topological polar surface area (TPSA) is 46.5 Å². The Kier molecular flexibility index (Phi) is 5.66. The van der Waals surface area contributed by atoms with Crippen LogP contribution in [0.2, 0.25) is 0 Å². The van der Waals surface area contributed by atoms with Gasteiger partial charge in [-0.15, -0.1) is 0 Å². The van der Waals surface area contributed by atoms with Crippen molar-refractivity contribution < 1.29 is 19.1 Å². The van der Waals surface area contributed by atoms with Crippen LogP contribution in [0.1, 0.15) is 12.8 Å². The summed E-state index contributed by atoms with van der Waals surface area (Å²) in [5, 5.41) is 8.46. The smallest absolute Gasteiger partial charge is 0.306 e. The van der Waals surface area contributed by atoms with E-state index in [4.69, 9.17) is 9.84 Å². The number of aliphatic hydroxyl groups is 1. The molecule has 1 N–H and O–H groups in total. The fraction of sp³-hybridized carbons (Fsp3) is 0.889. The van der Waals surface area contributed by atoms with Gasteiger partial charge in [0.05, 0.1) is 21.1 Å². The number of ether oxygens (including phenoxy) is 1. The lowest BCUT2D eigenvalue weighted by molar-refractivity contribution is -0.870. The molecule has 0 aliphatic rings. The van der Waals surface area contributed by atoms with Crippen LogP contribution in [0.25, 0.3) is 0 Å². The minimum Gasteiger partial charge on any atom is -0.460 e. The molecule has 0 spiro atoms. The quantitative estimate of drug-likeness (QED) is 0.474. The molecule has 13 heavy (non-hydrogen) atoms. The summed E-state index contributed by atoms with van der Waals surface area (Å²) < 4.78 is 5.74. The predicted molar refractivity (Wildman–Crippen MR) is 50.2 cm³/mol. The van der Waals surface area contributed by atoms with Crippen molar-refractivity contribution in [3.63, 3.8) is 0 Å². The van der Waals surface area contributed by atoms with Crippen molar-refractivity contribution in [3.8, 4) is 0 Å². The minimum atomic E-state index is -0.220. The Hall–Kier alpha value is -0.610. The molecule has 0 rings (SSSR count). The maximum Gasteiger partial charge on any atom is 0.306 e. The number of likely N-dealkylation sites (N-methyl/N-ethyl adjacent to an activating group) is 1. The molecule has 4 nitrogen and oxygen atoms in total. The molecular formula is C9H20NO3+. The zero-order valence-electron chi connectivity index (χ0n) is 8.75. The Bertz CT molecular complexity index is 151. The van der Waals surface area contributed by atoms with E-state index in [2.05, 4.69) is 0 Å². The van der Waals surface area contributed by atoms with Crippen LogP contribution in [-0.4, -0.2) is 56.5 Å². The number of quaternary nitrogens is 1. The third-order valence-corrected chi connectivity index (χ3v) is 1.56. The summed E-state index contributed by atoms with van der Waals surface area (Å²) in [6, 6.07) is 0. The van der Waals surface area contributed by atoms with E-state index in [1.165, 1.54) is 0 Å². The van der Waals surface area contributed by atoms with E-state index >= 15 is 0 Å². The molecule has 4 heteroatoms. The van der Waals surface area contributed by atoms with Gasteiger partial charge in [-0.2, -0.15) is 0 Å². The molecule has 0 aromatic rings. The molecular weight excluding hydrogens is 170 g/mol. The van der Waals surface area contributed by atoms with Crippen LogP contribution >= 0.6 is 0 Å². The lowest BCUT2D eigenvalue weighted by Gasteiger charge is -2.23. The number of nitrogens with zero attached hydrogens (tertiary/aromatic N) is 1. The Morgan fingerprint density at radius 2 is 2.00 bits per heavy atom. The van der Waals surface area contributed by atoms with Crippen molar-refractivity contribution in [1.29, 1.82) is 0 Å². The van der Waals surface area contributed by atoms with E-state index in [1.807, 2.05) is 21.1 Å². The average molecular weight is 190 g/mol. The Labute approximate surface area is 79.7 Å². The van der Waals surface area contributed by atoms with E-state index < -0.39 is 0 Å². The van der Waals surface area contributed by atoms with Gasteiger partial charge >= 0.3 is 5.97 Å². The van der Waals surface area contributed by atoms with Gasteiger partial charge in [-0.1, -0.05) is 0 Å². The Morgan fingerprint density at radius 3 is 2.46 bits per heavy atom. The zero-order chi connectivity index (χ0) is 10.3. The Balaban J connectivity index is 3.37. The molecule has 78 valence electrons. The summed E-state index contributed by atoms with van der Waals surface area (Å²) in [4.78, 5) is 10.9. The summed E-state index contributed by atoms with van der Waals surface area (Å²) in [5.41, 5.74) is 0. The van der Waals surface area contributed by atoms with Gasteiger partial charge in [0.25, 0.3) is 0 Å². The van der Waals surface area contributed by atoms with E-state index in [-0.39, 0.29) is 12.6 Å². The van der Waals surface area contributed by atoms with Gasteiger partial charge in [0.1, 0.15) is 13.2 Å². The molecule has 0 aromatic carbocycles. The largest absolute Gasteiger partial charge is 0.460 e. The highest BCUT2D eigenvalue weighted by atomic mass is 16.5. The number of hydrogen-bond donors (Lipinski definition) is 1. The number of hydrogen-bond acceptors (Lipinski definition) is 3. The van der Waals surface area contributed by atoms with Crippen molar-refractivity contribution in [1.82, 2.24) is 0 Å². The molecule has 0 heterocycles. The van der Waals surface area contributed by atoms with Crippen LogP contribution in [0.4, 0.5) is 0 Å².